The van der Waals surface area contributed by atoms with Gasteiger partial charge in [0.05, 0.1) is 0 Å². The van der Waals surface area contributed by atoms with E-state index in [0.29, 0.717) is 0 Å². The van der Waals surface area contributed by atoms with E-state index in [-0.39, 0.29) is 12.2 Å². The Hall–Kier alpha value is -3.20. The van der Waals surface area contributed by atoms with Crippen molar-refractivity contribution in [1.29, 1.82) is 0 Å². The van der Waals surface area contributed by atoms with Crippen molar-refractivity contribution in [3.63, 3.8) is 0 Å². The molecule has 0 N–H and O–H groups in total. The van der Waals surface area contributed by atoms with E-state index in [1.807, 2.05) is 12.1 Å². The molecule has 2 heteroatoms. The van der Waals surface area contributed by atoms with Crippen molar-refractivity contribution in [2.24, 2.45) is 0 Å². The first-order valence-electron chi connectivity index (χ1n) is 10.0. The largest absolute Gasteiger partial charge is 0.331 e. The maximum Gasteiger partial charge on any atom is 0.224 e. The van der Waals surface area contributed by atoms with Crippen molar-refractivity contribution < 1.29 is 9.47 Å². The van der Waals surface area contributed by atoms with Crippen LogP contribution < -0.4 is 0 Å². The molecule has 0 bridgehead atoms. The molecule has 4 aromatic rings. The molecule has 0 aromatic heterocycles. The first-order chi connectivity index (χ1) is 14.4. The van der Waals surface area contributed by atoms with E-state index in [2.05, 4.69) is 97.1 Å². The van der Waals surface area contributed by atoms with Gasteiger partial charge in [0.1, 0.15) is 12.2 Å². The molecular formula is C27H20O2. The third-order valence-electron chi connectivity index (χ3n) is 5.97. The molecule has 2 nitrogen and oxygen atoms in total. The summed E-state index contributed by atoms with van der Waals surface area (Å²) in [6.07, 6.45) is -0.393. The molecule has 2 aliphatic rings. The van der Waals surface area contributed by atoms with E-state index in [4.69, 9.17) is 9.47 Å². The van der Waals surface area contributed by atoms with Gasteiger partial charge in [-0.05, 0) is 22.3 Å². The first kappa shape index (κ1) is 16.7. The Morgan fingerprint density at radius 2 is 0.828 bits per heavy atom. The Kier molecular flexibility index (Phi) is 3.70. The minimum absolute atomic E-state index is 0.196. The SMILES string of the molecule is c1ccc([C@H]2OC3(O[C@@H]2c2ccccc2)c2ccccc2-c2ccccc23)cc1. The molecule has 2 atom stereocenters. The number of hydrogen-bond acceptors (Lipinski definition) is 2. The van der Waals surface area contributed by atoms with E-state index >= 15 is 0 Å². The molecule has 0 unspecified atom stereocenters. The summed E-state index contributed by atoms with van der Waals surface area (Å²) in [5.41, 5.74) is 6.79. The summed E-state index contributed by atoms with van der Waals surface area (Å²) in [6.45, 7) is 0. The van der Waals surface area contributed by atoms with Crippen LogP contribution in [-0.2, 0) is 15.3 Å². The van der Waals surface area contributed by atoms with E-state index < -0.39 is 5.79 Å². The zero-order valence-electron chi connectivity index (χ0n) is 15.9. The fraction of sp³-hybridized carbons (Fsp3) is 0.111. The number of hydrogen-bond donors (Lipinski definition) is 0. The highest BCUT2D eigenvalue weighted by atomic mass is 16.8. The summed E-state index contributed by atoms with van der Waals surface area (Å²) >= 11 is 0. The van der Waals surface area contributed by atoms with Crippen LogP contribution in [0.4, 0.5) is 0 Å². The van der Waals surface area contributed by atoms with Crippen LogP contribution in [0.15, 0.2) is 109 Å². The number of fused-ring (bicyclic) bond motifs is 5. The van der Waals surface area contributed by atoms with Crippen molar-refractivity contribution in [3.8, 4) is 11.1 Å². The van der Waals surface area contributed by atoms with Gasteiger partial charge in [0.15, 0.2) is 0 Å². The molecule has 4 aromatic carbocycles. The smallest absolute Gasteiger partial charge is 0.224 e. The van der Waals surface area contributed by atoms with Crippen LogP contribution in [0.25, 0.3) is 11.1 Å². The molecule has 1 heterocycles. The van der Waals surface area contributed by atoms with Crippen LogP contribution in [0.1, 0.15) is 34.5 Å². The van der Waals surface area contributed by atoms with Crippen LogP contribution in [0.3, 0.4) is 0 Å². The molecule has 1 aliphatic heterocycles. The molecule has 29 heavy (non-hydrogen) atoms. The maximum absolute atomic E-state index is 6.89. The Morgan fingerprint density at radius 1 is 0.448 bits per heavy atom. The number of benzene rings is 4. The second kappa shape index (κ2) is 6.41. The van der Waals surface area contributed by atoms with Gasteiger partial charge in [0, 0.05) is 11.1 Å². The van der Waals surface area contributed by atoms with Crippen molar-refractivity contribution in [2.45, 2.75) is 18.0 Å². The summed E-state index contributed by atoms with van der Waals surface area (Å²) in [6, 6.07) is 37.6. The maximum atomic E-state index is 6.89. The van der Waals surface area contributed by atoms with Gasteiger partial charge in [-0.25, -0.2) is 0 Å². The average molecular weight is 376 g/mol. The summed E-state index contributed by atoms with van der Waals surface area (Å²) in [4.78, 5) is 0. The van der Waals surface area contributed by atoms with Crippen molar-refractivity contribution in [1.82, 2.24) is 0 Å². The van der Waals surface area contributed by atoms with Crippen LogP contribution in [0, 0.1) is 0 Å². The highest BCUT2D eigenvalue weighted by Gasteiger charge is 2.55. The van der Waals surface area contributed by atoms with E-state index in [0.717, 1.165) is 22.3 Å². The van der Waals surface area contributed by atoms with Gasteiger partial charge in [-0.1, -0.05) is 109 Å². The fourth-order valence-electron chi connectivity index (χ4n) is 4.69. The zero-order valence-corrected chi connectivity index (χ0v) is 15.9. The third-order valence-corrected chi connectivity index (χ3v) is 5.97. The van der Waals surface area contributed by atoms with Gasteiger partial charge in [0.2, 0.25) is 5.79 Å². The van der Waals surface area contributed by atoms with Crippen molar-refractivity contribution in [3.05, 3.63) is 131 Å². The number of ether oxygens (including phenoxy) is 2. The predicted molar refractivity (Wildman–Crippen MR) is 113 cm³/mol. The van der Waals surface area contributed by atoms with Gasteiger partial charge < -0.3 is 9.47 Å². The lowest BCUT2D eigenvalue weighted by atomic mass is 9.99. The van der Waals surface area contributed by atoms with Crippen molar-refractivity contribution >= 4 is 0 Å². The Labute approximate surface area is 170 Å². The van der Waals surface area contributed by atoms with Crippen LogP contribution in [0.5, 0.6) is 0 Å². The molecule has 140 valence electrons. The fourth-order valence-corrected chi connectivity index (χ4v) is 4.69. The molecular weight excluding hydrogens is 356 g/mol. The molecule has 0 radical (unpaired) electrons. The molecule has 1 spiro atoms. The zero-order chi connectivity index (χ0) is 19.3. The topological polar surface area (TPSA) is 18.5 Å². The summed E-state index contributed by atoms with van der Waals surface area (Å²) in [5, 5.41) is 0. The number of rotatable bonds is 2. The van der Waals surface area contributed by atoms with Crippen LogP contribution >= 0.6 is 0 Å². The van der Waals surface area contributed by atoms with Crippen LogP contribution in [-0.4, -0.2) is 0 Å². The second-order valence-electron chi connectivity index (χ2n) is 7.61. The van der Waals surface area contributed by atoms with Gasteiger partial charge >= 0.3 is 0 Å². The Bertz CT molecular complexity index is 1070. The molecule has 0 saturated carbocycles. The highest BCUT2D eigenvalue weighted by molar-refractivity contribution is 5.79. The monoisotopic (exact) mass is 376 g/mol. The predicted octanol–water partition coefficient (Wildman–Crippen LogP) is 6.40. The second-order valence-corrected chi connectivity index (χ2v) is 7.61. The van der Waals surface area contributed by atoms with E-state index in [1.165, 1.54) is 11.1 Å². The lowest BCUT2D eigenvalue weighted by Crippen LogP contribution is -2.26. The van der Waals surface area contributed by atoms with Gasteiger partial charge in [-0.3, -0.25) is 0 Å². The minimum atomic E-state index is -0.895. The Morgan fingerprint density at radius 3 is 1.28 bits per heavy atom. The van der Waals surface area contributed by atoms with E-state index in [9.17, 15) is 0 Å². The Balaban J connectivity index is 1.57. The van der Waals surface area contributed by atoms with Gasteiger partial charge in [-0.15, -0.1) is 0 Å². The lowest BCUT2D eigenvalue weighted by molar-refractivity contribution is -0.148. The molecule has 6 rings (SSSR count). The summed E-state index contributed by atoms with van der Waals surface area (Å²) in [7, 11) is 0. The highest BCUT2D eigenvalue weighted by Crippen LogP contribution is 2.60. The molecule has 1 aliphatic carbocycles. The average Bonchev–Trinajstić information content (AvgIpc) is 3.34. The molecule has 1 fully saturated rings. The van der Waals surface area contributed by atoms with E-state index in [1.54, 1.807) is 0 Å². The first-order valence-corrected chi connectivity index (χ1v) is 10.0. The van der Waals surface area contributed by atoms with Crippen LogP contribution in [0.2, 0.25) is 0 Å². The van der Waals surface area contributed by atoms with Gasteiger partial charge in [0.25, 0.3) is 0 Å². The normalized spacial score (nSPS) is 21.1. The third kappa shape index (κ3) is 2.43. The van der Waals surface area contributed by atoms with Crippen molar-refractivity contribution in [2.75, 3.05) is 0 Å². The quantitative estimate of drug-likeness (QED) is 0.403. The molecule has 0 amide bonds. The molecule has 1 saturated heterocycles. The summed E-state index contributed by atoms with van der Waals surface area (Å²) < 4.78 is 13.8. The summed E-state index contributed by atoms with van der Waals surface area (Å²) in [5.74, 6) is -0.895. The van der Waals surface area contributed by atoms with Gasteiger partial charge in [-0.2, -0.15) is 0 Å². The lowest BCUT2D eigenvalue weighted by Gasteiger charge is -2.26. The standard InChI is InChI=1S/C27H20O2/c1-3-11-19(12-4-1)25-26(20-13-5-2-6-14-20)29-27(28-25)23-17-9-7-15-21(23)22-16-8-10-18-24(22)27/h1-18,25-26H/t25-,26-/m1/s1. The minimum Gasteiger partial charge on any atom is -0.331 e.